The van der Waals surface area contributed by atoms with E-state index in [0.717, 1.165) is 17.1 Å². The molecule has 1 aromatic carbocycles. The van der Waals surface area contributed by atoms with E-state index in [2.05, 4.69) is 20.9 Å². The van der Waals surface area contributed by atoms with Crippen molar-refractivity contribution in [2.75, 3.05) is 18.1 Å². The summed E-state index contributed by atoms with van der Waals surface area (Å²) in [6, 6.07) is 14.1. The molecule has 3 rings (SSSR count). The van der Waals surface area contributed by atoms with Gasteiger partial charge in [-0.1, -0.05) is 24.3 Å². The number of hydrogen-bond acceptors (Lipinski definition) is 4. The maximum Gasteiger partial charge on any atom is 0.137 e. The molecule has 5 nitrogen and oxygen atoms in total. The van der Waals surface area contributed by atoms with E-state index in [1.807, 2.05) is 53.4 Å². The molecule has 0 amide bonds. The van der Waals surface area contributed by atoms with Gasteiger partial charge in [0.05, 0.1) is 6.61 Å². The van der Waals surface area contributed by atoms with Crippen LogP contribution in [0.4, 0.5) is 5.69 Å². The number of anilines is 1. The van der Waals surface area contributed by atoms with Crippen LogP contribution in [0.2, 0.25) is 0 Å². The number of aromatic nitrogens is 3. The second kappa shape index (κ2) is 6.87. The Morgan fingerprint density at radius 1 is 1.09 bits per heavy atom. The topological polar surface area (TPSA) is 54.2 Å². The zero-order valence-electron chi connectivity index (χ0n) is 12.2. The Bertz CT molecular complexity index is 680. The van der Waals surface area contributed by atoms with E-state index in [-0.39, 0.29) is 6.61 Å². The first-order valence-electron chi connectivity index (χ1n) is 7.21. The van der Waals surface area contributed by atoms with Gasteiger partial charge in [0, 0.05) is 37.4 Å². The van der Waals surface area contributed by atoms with Crippen molar-refractivity contribution in [2.45, 2.75) is 6.54 Å². The molecule has 2 heterocycles. The predicted octanol–water partition coefficient (Wildman–Crippen LogP) is 2.27. The third-order valence-electron chi connectivity index (χ3n) is 3.44. The van der Waals surface area contributed by atoms with Crippen LogP contribution in [-0.2, 0) is 6.54 Å². The van der Waals surface area contributed by atoms with Gasteiger partial charge in [-0.15, -0.1) is 0 Å². The van der Waals surface area contributed by atoms with Crippen LogP contribution in [0.15, 0.2) is 67.4 Å². The fourth-order valence-corrected chi connectivity index (χ4v) is 2.34. The van der Waals surface area contributed by atoms with E-state index in [4.69, 9.17) is 0 Å². The second-order valence-electron chi connectivity index (χ2n) is 4.98. The number of para-hydroxylation sites is 1. The van der Waals surface area contributed by atoms with Gasteiger partial charge in [-0.2, -0.15) is 0 Å². The lowest BCUT2D eigenvalue weighted by atomic mass is 10.2. The summed E-state index contributed by atoms with van der Waals surface area (Å²) in [5, 5.41) is 9.28. The van der Waals surface area contributed by atoms with Gasteiger partial charge >= 0.3 is 0 Å². The largest absolute Gasteiger partial charge is 0.395 e. The summed E-state index contributed by atoms with van der Waals surface area (Å²) in [6.45, 7) is 1.42. The van der Waals surface area contributed by atoms with Gasteiger partial charge in [-0.05, 0) is 23.8 Å². The van der Waals surface area contributed by atoms with Crippen LogP contribution in [-0.4, -0.2) is 32.8 Å². The summed E-state index contributed by atoms with van der Waals surface area (Å²) >= 11 is 0. The van der Waals surface area contributed by atoms with Gasteiger partial charge in [0.1, 0.15) is 12.1 Å². The highest BCUT2D eigenvalue weighted by atomic mass is 16.3. The van der Waals surface area contributed by atoms with Crippen molar-refractivity contribution in [1.82, 2.24) is 14.5 Å². The molecule has 0 radical (unpaired) electrons. The summed E-state index contributed by atoms with van der Waals surface area (Å²) in [7, 11) is 0. The summed E-state index contributed by atoms with van der Waals surface area (Å²) < 4.78 is 1.87. The molecule has 0 atom stereocenters. The molecule has 0 saturated heterocycles. The molecule has 0 aliphatic heterocycles. The third kappa shape index (κ3) is 3.32. The van der Waals surface area contributed by atoms with E-state index >= 15 is 0 Å². The summed E-state index contributed by atoms with van der Waals surface area (Å²) in [4.78, 5) is 10.6. The van der Waals surface area contributed by atoms with Crippen molar-refractivity contribution < 1.29 is 5.11 Å². The SMILES string of the molecule is OCCN(Cc1ccc(-n2ccnc2)nc1)c1ccccc1. The van der Waals surface area contributed by atoms with Crippen LogP contribution < -0.4 is 4.90 Å². The first-order valence-corrected chi connectivity index (χ1v) is 7.21. The lowest BCUT2D eigenvalue weighted by molar-refractivity contribution is 0.301. The molecule has 3 aromatic rings. The number of hydrogen-bond donors (Lipinski definition) is 1. The molecule has 0 saturated carbocycles. The van der Waals surface area contributed by atoms with Crippen molar-refractivity contribution in [1.29, 1.82) is 0 Å². The van der Waals surface area contributed by atoms with Crippen molar-refractivity contribution in [3.8, 4) is 5.82 Å². The molecule has 0 aliphatic rings. The lowest BCUT2D eigenvalue weighted by Crippen LogP contribution is -2.26. The molecule has 0 aliphatic carbocycles. The Morgan fingerprint density at radius 3 is 2.59 bits per heavy atom. The minimum atomic E-state index is 0.120. The van der Waals surface area contributed by atoms with Crippen LogP contribution >= 0.6 is 0 Å². The number of imidazole rings is 1. The van der Waals surface area contributed by atoms with Crippen molar-refractivity contribution in [3.05, 3.63) is 72.9 Å². The van der Waals surface area contributed by atoms with E-state index < -0.39 is 0 Å². The van der Waals surface area contributed by atoms with Crippen molar-refractivity contribution in [3.63, 3.8) is 0 Å². The van der Waals surface area contributed by atoms with Crippen LogP contribution in [0.1, 0.15) is 5.56 Å². The average molecular weight is 294 g/mol. The van der Waals surface area contributed by atoms with Crippen LogP contribution in [0.25, 0.3) is 5.82 Å². The van der Waals surface area contributed by atoms with E-state index in [1.54, 1.807) is 12.5 Å². The fraction of sp³-hybridized carbons (Fsp3) is 0.176. The van der Waals surface area contributed by atoms with Gasteiger partial charge in [-0.3, -0.25) is 4.57 Å². The summed E-state index contributed by atoms with van der Waals surface area (Å²) in [5.41, 5.74) is 2.19. The molecule has 5 heteroatoms. The molecule has 0 spiro atoms. The second-order valence-corrected chi connectivity index (χ2v) is 4.98. The molecular weight excluding hydrogens is 276 g/mol. The van der Waals surface area contributed by atoms with Gasteiger partial charge in [0.25, 0.3) is 0 Å². The predicted molar refractivity (Wildman–Crippen MR) is 85.9 cm³/mol. The third-order valence-corrected chi connectivity index (χ3v) is 3.44. The number of benzene rings is 1. The minimum Gasteiger partial charge on any atom is -0.395 e. The van der Waals surface area contributed by atoms with Gasteiger partial charge < -0.3 is 10.0 Å². The van der Waals surface area contributed by atoms with Crippen LogP contribution in [0, 0.1) is 0 Å². The van der Waals surface area contributed by atoms with Crippen molar-refractivity contribution >= 4 is 5.69 Å². The molecular formula is C17H18N4O. The molecule has 112 valence electrons. The summed E-state index contributed by atoms with van der Waals surface area (Å²) in [6.07, 6.45) is 7.19. The molecule has 0 fully saturated rings. The van der Waals surface area contributed by atoms with Gasteiger partial charge in [-0.25, -0.2) is 9.97 Å². The average Bonchev–Trinajstić information content (AvgIpc) is 3.10. The van der Waals surface area contributed by atoms with Gasteiger partial charge in [0.15, 0.2) is 0 Å². The molecule has 0 unspecified atom stereocenters. The highest BCUT2D eigenvalue weighted by Gasteiger charge is 2.07. The normalized spacial score (nSPS) is 10.6. The number of aliphatic hydroxyl groups is 1. The standard InChI is InChI=1S/C17H18N4O/c22-11-10-20(16-4-2-1-3-5-16)13-15-6-7-17(19-12-15)21-9-8-18-14-21/h1-9,12,14,22H,10-11,13H2. The minimum absolute atomic E-state index is 0.120. The Kier molecular flexibility index (Phi) is 4.46. The zero-order valence-corrected chi connectivity index (χ0v) is 12.2. The molecule has 2 aromatic heterocycles. The first-order chi connectivity index (χ1) is 10.9. The van der Waals surface area contributed by atoms with Crippen LogP contribution in [0.3, 0.4) is 0 Å². The molecule has 1 N–H and O–H groups in total. The maximum atomic E-state index is 9.28. The quantitative estimate of drug-likeness (QED) is 0.757. The van der Waals surface area contributed by atoms with E-state index in [9.17, 15) is 5.11 Å². The number of aliphatic hydroxyl groups excluding tert-OH is 1. The fourth-order valence-electron chi connectivity index (χ4n) is 2.34. The van der Waals surface area contributed by atoms with Gasteiger partial charge in [0.2, 0.25) is 0 Å². The number of pyridine rings is 1. The van der Waals surface area contributed by atoms with Crippen molar-refractivity contribution in [2.24, 2.45) is 0 Å². The maximum absolute atomic E-state index is 9.28. The zero-order chi connectivity index (χ0) is 15.2. The highest BCUT2D eigenvalue weighted by Crippen LogP contribution is 2.16. The molecule has 22 heavy (non-hydrogen) atoms. The molecule has 0 bridgehead atoms. The highest BCUT2D eigenvalue weighted by molar-refractivity contribution is 5.46. The Balaban J connectivity index is 1.75. The monoisotopic (exact) mass is 294 g/mol. The number of rotatable bonds is 6. The number of nitrogens with zero attached hydrogens (tertiary/aromatic N) is 4. The Hall–Kier alpha value is -2.66. The van der Waals surface area contributed by atoms with Crippen LogP contribution in [0.5, 0.6) is 0 Å². The lowest BCUT2D eigenvalue weighted by Gasteiger charge is -2.24. The summed E-state index contributed by atoms with van der Waals surface area (Å²) in [5.74, 6) is 0.842. The Labute approximate surface area is 129 Å². The smallest absolute Gasteiger partial charge is 0.137 e. The Morgan fingerprint density at radius 2 is 1.95 bits per heavy atom. The first kappa shape index (κ1) is 14.3. The van der Waals surface area contributed by atoms with E-state index in [0.29, 0.717) is 13.1 Å². The van der Waals surface area contributed by atoms with E-state index in [1.165, 1.54) is 0 Å².